The number of anilines is 2. The van der Waals surface area contributed by atoms with Gasteiger partial charge >= 0.3 is 0 Å². The Bertz CT molecular complexity index is 472. The zero-order valence-electron chi connectivity index (χ0n) is 13.1. The maximum absolute atomic E-state index is 2.46. The van der Waals surface area contributed by atoms with Crippen molar-refractivity contribution >= 4 is 23.3 Å². The summed E-state index contributed by atoms with van der Waals surface area (Å²) in [5.74, 6) is 0. The van der Waals surface area contributed by atoms with Crippen LogP contribution in [-0.4, -0.2) is 23.4 Å². The second kappa shape index (κ2) is 8.11. The lowest BCUT2D eigenvalue weighted by Crippen LogP contribution is -2.32. The zero-order chi connectivity index (χ0) is 15.1. The third kappa shape index (κ3) is 4.26. The number of rotatable bonds is 7. The summed E-state index contributed by atoms with van der Waals surface area (Å²) in [5.41, 5.74) is 2.43. The predicted octanol–water partition coefficient (Wildman–Crippen LogP) is 5.16. The Morgan fingerprint density at radius 3 is 1.62 bits per heavy atom. The van der Waals surface area contributed by atoms with Crippen LogP contribution in [0.1, 0.15) is 20.8 Å². The topological polar surface area (TPSA) is 6.48 Å². The third-order valence-corrected chi connectivity index (χ3v) is 4.80. The van der Waals surface area contributed by atoms with Crippen molar-refractivity contribution in [3.05, 3.63) is 60.7 Å². The molecular formula is C18H24N2S. The van der Waals surface area contributed by atoms with Gasteiger partial charge in [-0.05, 0) is 56.2 Å². The summed E-state index contributed by atoms with van der Waals surface area (Å²) in [6.07, 6.45) is 0. The van der Waals surface area contributed by atoms with Crippen LogP contribution in [0, 0.1) is 0 Å². The van der Waals surface area contributed by atoms with Gasteiger partial charge < -0.3 is 0 Å². The van der Waals surface area contributed by atoms with Gasteiger partial charge in [0, 0.05) is 0 Å². The van der Waals surface area contributed by atoms with E-state index in [1.54, 1.807) is 0 Å². The molecule has 0 N–H and O–H groups in total. The van der Waals surface area contributed by atoms with Crippen LogP contribution in [0.5, 0.6) is 0 Å². The molecule has 0 aliphatic rings. The number of benzene rings is 2. The fourth-order valence-corrected chi connectivity index (χ4v) is 3.58. The van der Waals surface area contributed by atoms with Crippen molar-refractivity contribution < 1.29 is 0 Å². The Hall–Kier alpha value is -1.45. The minimum Gasteiger partial charge on any atom is -0.291 e. The second-order valence-electron chi connectivity index (χ2n) is 4.89. The first kappa shape index (κ1) is 15.9. The maximum atomic E-state index is 2.46. The average Bonchev–Trinajstić information content (AvgIpc) is 2.55. The molecule has 0 aliphatic carbocycles. The van der Waals surface area contributed by atoms with E-state index in [2.05, 4.69) is 90.6 Å². The van der Waals surface area contributed by atoms with Gasteiger partial charge in [0.1, 0.15) is 0 Å². The van der Waals surface area contributed by atoms with Crippen LogP contribution in [0.4, 0.5) is 11.4 Å². The molecule has 0 aromatic heterocycles. The molecule has 0 heterocycles. The highest BCUT2D eigenvalue weighted by atomic mass is 32.2. The molecular weight excluding hydrogens is 276 g/mol. The van der Waals surface area contributed by atoms with E-state index in [4.69, 9.17) is 0 Å². The molecule has 0 bridgehead atoms. The first-order valence-electron chi connectivity index (χ1n) is 7.57. The van der Waals surface area contributed by atoms with Gasteiger partial charge in [-0.15, -0.1) is 0 Å². The van der Waals surface area contributed by atoms with Gasteiger partial charge in [0.25, 0.3) is 0 Å². The maximum Gasteiger partial charge on any atom is 0.0734 e. The molecule has 112 valence electrons. The molecule has 0 saturated heterocycles. The summed E-state index contributed by atoms with van der Waals surface area (Å²) < 4.78 is 2.32. The van der Waals surface area contributed by atoms with Crippen LogP contribution in [0.3, 0.4) is 0 Å². The van der Waals surface area contributed by atoms with Crippen LogP contribution in [0.25, 0.3) is 0 Å². The first-order valence-corrected chi connectivity index (χ1v) is 8.41. The molecule has 2 aromatic rings. The highest BCUT2D eigenvalue weighted by Gasteiger charge is 2.17. The number of hydrogen-bond acceptors (Lipinski definition) is 3. The molecule has 2 aromatic carbocycles. The minimum atomic E-state index is 0.431. The van der Waals surface area contributed by atoms with E-state index >= 15 is 0 Å². The molecule has 0 aliphatic heterocycles. The SMILES string of the molecule is CCN(CC)C(C)SN(c1ccccc1)c1ccccc1. The fraction of sp³-hybridized carbons (Fsp3) is 0.333. The summed E-state index contributed by atoms with van der Waals surface area (Å²) >= 11 is 1.87. The van der Waals surface area contributed by atoms with Gasteiger partial charge in [0.2, 0.25) is 0 Å². The van der Waals surface area contributed by atoms with E-state index in [9.17, 15) is 0 Å². The lowest BCUT2D eigenvalue weighted by molar-refractivity contribution is 0.297. The molecule has 21 heavy (non-hydrogen) atoms. The van der Waals surface area contributed by atoms with Crippen LogP contribution in [0.2, 0.25) is 0 Å². The van der Waals surface area contributed by atoms with Crippen LogP contribution >= 0.6 is 11.9 Å². The van der Waals surface area contributed by atoms with E-state index in [1.165, 1.54) is 11.4 Å². The fourth-order valence-electron chi connectivity index (χ4n) is 2.35. The Morgan fingerprint density at radius 2 is 1.24 bits per heavy atom. The van der Waals surface area contributed by atoms with Crippen LogP contribution < -0.4 is 4.31 Å². The third-order valence-electron chi connectivity index (χ3n) is 3.57. The van der Waals surface area contributed by atoms with Gasteiger partial charge in [-0.25, -0.2) is 0 Å². The lowest BCUT2D eigenvalue weighted by Gasteiger charge is -2.32. The van der Waals surface area contributed by atoms with Gasteiger partial charge in [-0.1, -0.05) is 50.2 Å². The van der Waals surface area contributed by atoms with Gasteiger partial charge in [0.05, 0.1) is 16.7 Å². The normalized spacial score (nSPS) is 12.4. The Labute approximate surface area is 132 Å². The summed E-state index contributed by atoms with van der Waals surface area (Å²) in [7, 11) is 0. The van der Waals surface area contributed by atoms with Crippen molar-refractivity contribution in [1.29, 1.82) is 0 Å². The molecule has 1 unspecified atom stereocenters. The molecule has 3 heteroatoms. The first-order chi connectivity index (χ1) is 10.3. The second-order valence-corrected chi connectivity index (χ2v) is 6.15. The number of para-hydroxylation sites is 2. The molecule has 0 amide bonds. The van der Waals surface area contributed by atoms with Crippen molar-refractivity contribution in [2.24, 2.45) is 0 Å². The summed E-state index contributed by atoms with van der Waals surface area (Å²) in [6.45, 7) is 8.85. The molecule has 0 saturated carbocycles. The highest BCUT2D eigenvalue weighted by Crippen LogP contribution is 2.35. The van der Waals surface area contributed by atoms with Gasteiger partial charge in [-0.3, -0.25) is 9.21 Å². The van der Waals surface area contributed by atoms with Crippen molar-refractivity contribution in [1.82, 2.24) is 4.90 Å². The number of nitrogens with zero attached hydrogens (tertiary/aromatic N) is 2. The van der Waals surface area contributed by atoms with Crippen molar-refractivity contribution in [3.63, 3.8) is 0 Å². The summed E-state index contributed by atoms with van der Waals surface area (Å²) in [5, 5.41) is 0.431. The Kier molecular flexibility index (Phi) is 6.15. The monoisotopic (exact) mass is 300 g/mol. The Morgan fingerprint density at radius 1 is 0.810 bits per heavy atom. The smallest absolute Gasteiger partial charge is 0.0734 e. The largest absolute Gasteiger partial charge is 0.291 e. The molecule has 0 fully saturated rings. The Balaban J connectivity index is 2.25. The summed E-state index contributed by atoms with van der Waals surface area (Å²) in [4.78, 5) is 2.46. The van der Waals surface area contributed by atoms with E-state index in [-0.39, 0.29) is 0 Å². The van der Waals surface area contributed by atoms with Gasteiger partial charge in [0.15, 0.2) is 0 Å². The van der Waals surface area contributed by atoms with Crippen molar-refractivity contribution in [2.75, 3.05) is 17.4 Å². The molecule has 0 spiro atoms. The minimum absolute atomic E-state index is 0.431. The van der Waals surface area contributed by atoms with Crippen molar-refractivity contribution in [2.45, 2.75) is 26.1 Å². The highest BCUT2D eigenvalue weighted by molar-refractivity contribution is 8.01. The predicted molar refractivity (Wildman–Crippen MR) is 95.0 cm³/mol. The van der Waals surface area contributed by atoms with Gasteiger partial charge in [-0.2, -0.15) is 0 Å². The molecule has 2 nitrogen and oxygen atoms in total. The lowest BCUT2D eigenvalue weighted by atomic mass is 10.3. The van der Waals surface area contributed by atoms with E-state index < -0.39 is 0 Å². The number of hydrogen-bond donors (Lipinski definition) is 0. The average molecular weight is 300 g/mol. The standard InChI is InChI=1S/C18H24N2S/c1-4-19(5-2)16(3)21-20(17-12-8-6-9-13-17)18-14-10-7-11-15-18/h6-16H,4-5H2,1-3H3. The molecule has 1 atom stereocenters. The molecule has 0 radical (unpaired) electrons. The zero-order valence-corrected chi connectivity index (χ0v) is 13.9. The van der Waals surface area contributed by atoms with E-state index in [1.807, 2.05) is 11.9 Å². The summed E-state index contributed by atoms with van der Waals surface area (Å²) in [6, 6.07) is 21.1. The van der Waals surface area contributed by atoms with Crippen LogP contribution in [0.15, 0.2) is 60.7 Å². The van der Waals surface area contributed by atoms with Crippen molar-refractivity contribution in [3.8, 4) is 0 Å². The quantitative estimate of drug-likeness (QED) is 0.515. The van der Waals surface area contributed by atoms with E-state index in [0.717, 1.165) is 13.1 Å². The van der Waals surface area contributed by atoms with E-state index in [0.29, 0.717) is 5.37 Å². The van der Waals surface area contributed by atoms with Crippen LogP contribution in [-0.2, 0) is 0 Å². The molecule has 2 rings (SSSR count).